The van der Waals surface area contributed by atoms with Crippen LogP contribution in [0.3, 0.4) is 0 Å². The zero-order valence-corrected chi connectivity index (χ0v) is 9.55. The van der Waals surface area contributed by atoms with E-state index in [0.717, 1.165) is 11.8 Å². The highest BCUT2D eigenvalue weighted by atomic mass is 19.1. The molecule has 0 bridgehead atoms. The van der Waals surface area contributed by atoms with Crippen molar-refractivity contribution in [1.82, 2.24) is 14.8 Å². The number of aromatic nitrogens is 3. The number of aliphatic hydroxyl groups is 1. The van der Waals surface area contributed by atoms with E-state index in [2.05, 4.69) is 10.1 Å². The summed E-state index contributed by atoms with van der Waals surface area (Å²) in [6.45, 7) is 0. The minimum atomic E-state index is -0.696. The predicted octanol–water partition coefficient (Wildman–Crippen LogP) is 1.62. The Morgan fingerprint density at radius 2 is 2.24 bits per heavy atom. The maximum atomic E-state index is 12.9. The van der Waals surface area contributed by atoms with Crippen molar-refractivity contribution in [3.05, 3.63) is 47.8 Å². The summed E-state index contributed by atoms with van der Waals surface area (Å²) < 4.78 is 14.6. The van der Waals surface area contributed by atoms with E-state index < -0.39 is 11.9 Å². The van der Waals surface area contributed by atoms with Gasteiger partial charge in [0.1, 0.15) is 5.82 Å². The molecule has 17 heavy (non-hydrogen) atoms. The van der Waals surface area contributed by atoms with Gasteiger partial charge < -0.3 is 5.11 Å². The Kier molecular flexibility index (Phi) is 3.49. The van der Waals surface area contributed by atoms with Crippen molar-refractivity contribution in [3.63, 3.8) is 0 Å². The van der Waals surface area contributed by atoms with Crippen molar-refractivity contribution in [2.45, 2.75) is 18.9 Å². The lowest BCUT2D eigenvalue weighted by Crippen LogP contribution is -2.00. The molecular weight excluding hydrogens is 221 g/mol. The average molecular weight is 235 g/mol. The SMILES string of the molecule is Cn1cc(CCC(O)c2cncc(F)c2)cn1. The minimum Gasteiger partial charge on any atom is -0.388 e. The fraction of sp³-hybridized carbons (Fsp3) is 0.333. The summed E-state index contributed by atoms with van der Waals surface area (Å²) in [4.78, 5) is 3.71. The second kappa shape index (κ2) is 5.05. The van der Waals surface area contributed by atoms with Gasteiger partial charge in [0.05, 0.1) is 18.5 Å². The zero-order valence-electron chi connectivity index (χ0n) is 9.55. The number of nitrogens with zero attached hydrogens (tertiary/aromatic N) is 3. The van der Waals surface area contributed by atoms with Gasteiger partial charge in [-0.1, -0.05) is 0 Å². The van der Waals surface area contributed by atoms with E-state index in [4.69, 9.17) is 0 Å². The van der Waals surface area contributed by atoms with Crippen molar-refractivity contribution in [3.8, 4) is 0 Å². The van der Waals surface area contributed by atoms with E-state index in [-0.39, 0.29) is 0 Å². The molecular formula is C12H14FN3O. The second-order valence-corrected chi connectivity index (χ2v) is 4.01. The van der Waals surface area contributed by atoms with Crippen LogP contribution in [-0.4, -0.2) is 19.9 Å². The molecule has 0 aromatic carbocycles. The molecule has 0 radical (unpaired) electrons. The summed E-state index contributed by atoms with van der Waals surface area (Å²) in [5.74, 6) is -0.428. The van der Waals surface area contributed by atoms with Crippen LogP contribution in [0.4, 0.5) is 4.39 Å². The van der Waals surface area contributed by atoms with Crippen LogP contribution in [0.25, 0.3) is 0 Å². The van der Waals surface area contributed by atoms with Crippen LogP contribution >= 0.6 is 0 Å². The molecule has 0 aliphatic heterocycles. The highest BCUT2D eigenvalue weighted by Crippen LogP contribution is 2.18. The number of aryl methyl sites for hydroxylation is 2. The Morgan fingerprint density at radius 1 is 1.41 bits per heavy atom. The molecule has 5 heteroatoms. The third-order valence-corrected chi connectivity index (χ3v) is 2.58. The van der Waals surface area contributed by atoms with Crippen molar-refractivity contribution >= 4 is 0 Å². The van der Waals surface area contributed by atoms with Crippen LogP contribution in [0.1, 0.15) is 23.7 Å². The first-order valence-electron chi connectivity index (χ1n) is 5.41. The predicted molar refractivity (Wildman–Crippen MR) is 60.7 cm³/mol. The Hall–Kier alpha value is -1.75. The summed E-state index contributed by atoms with van der Waals surface area (Å²) >= 11 is 0. The Bertz CT molecular complexity index is 498. The van der Waals surface area contributed by atoms with Crippen LogP contribution in [0.2, 0.25) is 0 Å². The van der Waals surface area contributed by atoms with E-state index in [0.29, 0.717) is 18.4 Å². The van der Waals surface area contributed by atoms with E-state index in [9.17, 15) is 9.50 Å². The molecule has 1 N–H and O–H groups in total. The summed E-state index contributed by atoms with van der Waals surface area (Å²) in [6.07, 6.45) is 6.79. The molecule has 4 nitrogen and oxygen atoms in total. The van der Waals surface area contributed by atoms with Crippen LogP contribution in [0, 0.1) is 5.82 Å². The number of rotatable bonds is 4. The van der Waals surface area contributed by atoms with E-state index in [1.807, 2.05) is 13.2 Å². The molecule has 2 rings (SSSR count). The molecule has 0 amide bonds. The molecule has 0 aliphatic carbocycles. The summed E-state index contributed by atoms with van der Waals surface area (Å²) in [6, 6.07) is 1.31. The first kappa shape index (κ1) is 11.7. The molecule has 2 aromatic rings. The normalized spacial score (nSPS) is 12.6. The highest BCUT2D eigenvalue weighted by molar-refractivity contribution is 5.14. The lowest BCUT2D eigenvalue weighted by Gasteiger charge is -2.09. The molecule has 0 saturated heterocycles. The Labute approximate surface area is 98.7 Å². The van der Waals surface area contributed by atoms with Crippen molar-refractivity contribution < 1.29 is 9.50 Å². The fourth-order valence-electron chi connectivity index (χ4n) is 1.68. The molecule has 0 spiro atoms. The molecule has 0 fully saturated rings. The number of halogens is 1. The van der Waals surface area contributed by atoms with Gasteiger partial charge in [0.2, 0.25) is 0 Å². The van der Waals surface area contributed by atoms with E-state index >= 15 is 0 Å². The van der Waals surface area contributed by atoms with Crippen LogP contribution in [-0.2, 0) is 13.5 Å². The van der Waals surface area contributed by atoms with Crippen molar-refractivity contribution in [2.24, 2.45) is 7.05 Å². The largest absolute Gasteiger partial charge is 0.388 e. The standard InChI is InChI=1S/C12H14FN3O/c1-16-8-9(5-15-16)2-3-12(17)10-4-11(13)7-14-6-10/h4-8,12,17H,2-3H2,1H3. The smallest absolute Gasteiger partial charge is 0.141 e. The molecule has 2 aromatic heterocycles. The molecule has 2 heterocycles. The summed E-state index contributed by atoms with van der Waals surface area (Å²) in [7, 11) is 1.84. The third kappa shape index (κ3) is 3.10. The molecule has 0 saturated carbocycles. The lowest BCUT2D eigenvalue weighted by molar-refractivity contribution is 0.167. The lowest BCUT2D eigenvalue weighted by atomic mass is 10.0. The molecule has 90 valence electrons. The maximum absolute atomic E-state index is 12.9. The minimum absolute atomic E-state index is 0.428. The van der Waals surface area contributed by atoms with E-state index in [1.165, 1.54) is 12.3 Å². The van der Waals surface area contributed by atoms with Gasteiger partial charge in [-0.25, -0.2) is 4.39 Å². The van der Waals surface area contributed by atoms with Gasteiger partial charge in [-0.2, -0.15) is 5.10 Å². The van der Waals surface area contributed by atoms with Crippen LogP contribution in [0.15, 0.2) is 30.9 Å². The van der Waals surface area contributed by atoms with Crippen molar-refractivity contribution in [2.75, 3.05) is 0 Å². The Morgan fingerprint density at radius 3 is 2.88 bits per heavy atom. The van der Waals surface area contributed by atoms with Gasteiger partial charge >= 0.3 is 0 Å². The summed E-state index contributed by atoms with van der Waals surface area (Å²) in [5.41, 5.74) is 1.56. The third-order valence-electron chi connectivity index (χ3n) is 2.58. The zero-order chi connectivity index (χ0) is 12.3. The van der Waals surface area contributed by atoms with Crippen LogP contribution < -0.4 is 0 Å². The van der Waals surface area contributed by atoms with Crippen molar-refractivity contribution in [1.29, 1.82) is 0 Å². The first-order valence-corrected chi connectivity index (χ1v) is 5.41. The Balaban J connectivity index is 1.95. The van der Waals surface area contributed by atoms with Gasteiger partial charge in [-0.15, -0.1) is 0 Å². The van der Waals surface area contributed by atoms with Crippen LogP contribution in [0.5, 0.6) is 0 Å². The van der Waals surface area contributed by atoms with Gasteiger partial charge in [-0.3, -0.25) is 9.67 Å². The van der Waals surface area contributed by atoms with E-state index in [1.54, 1.807) is 10.9 Å². The monoisotopic (exact) mass is 235 g/mol. The molecule has 0 aliphatic rings. The number of hydrogen-bond acceptors (Lipinski definition) is 3. The maximum Gasteiger partial charge on any atom is 0.141 e. The topological polar surface area (TPSA) is 50.9 Å². The van der Waals surface area contributed by atoms with Gasteiger partial charge in [0.15, 0.2) is 0 Å². The fourth-order valence-corrected chi connectivity index (χ4v) is 1.68. The number of pyridine rings is 1. The average Bonchev–Trinajstić information content (AvgIpc) is 2.72. The quantitative estimate of drug-likeness (QED) is 0.876. The second-order valence-electron chi connectivity index (χ2n) is 4.01. The first-order chi connectivity index (χ1) is 8.15. The molecule has 1 atom stereocenters. The summed E-state index contributed by atoms with van der Waals surface area (Å²) in [5, 5.41) is 13.9. The number of aliphatic hydroxyl groups excluding tert-OH is 1. The van der Waals surface area contributed by atoms with Gasteiger partial charge in [0, 0.05) is 25.0 Å². The van der Waals surface area contributed by atoms with Gasteiger partial charge in [0.25, 0.3) is 0 Å². The van der Waals surface area contributed by atoms with Gasteiger partial charge in [-0.05, 0) is 24.5 Å². The molecule has 1 unspecified atom stereocenters. The highest BCUT2D eigenvalue weighted by Gasteiger charge is 2.09. The number of hydrogen-bond donors (Lipinski definition) is 1.